The van der Waals surface area contributed by atoms with Gasteiger partial charge in [0.15, 0.2) is 0 Å². The Balaban J connectivity index is 4.46. The van der Waals surface area contributed by atoms with E-state index in [1.54, 1.807) is 0 Å². The average molecular weight is 1050 g/mol. The first-order chi connectivity index (χ1) is 35.8. The largest absolute Gasteiger partial charge is 0.368 e. The van der Waals surface area contributed by atoms with Crippen LogP contribution in [0.3, 0.4) is 0 Å². The lowest BCUT2D eigenvalue weighted by Crippen LogP contribution is -2.47. The molecule has 20 nitrogen and oxygen atoms in total. The molecule has 0 radical (unpaired) electrons. The van der Waals surface area contributed by atoms with E-state index in [0.29, 0.717) is 116 Å². The lowest BCUT2D eigenvalue weighted by atomic mass is 10.1. The van der Waals surface area contributed by atoms with Crippen LogP contribution in [0.5, 0.6) is 0 Å². The number of hydrogen-bond acceptors (Lipinski definition) is 12. The van der Waals surface area contributed by atoms with Crippen molar-refractivity contribution in [2.24, 2.45) is 28.7 Å². The summed E-state index contributed by atoms with van der Waals surface area (Å²) >= 11 is 0. The fourth-order valence-corrected chi connectivity index (χ4v) is 8.49. The van der Waals surface area contributed by atoms with Crippen molar-refractivity contribution < 1.29 is 38.4 Å². The van der Waals surface area contributed by atoms with Gasteiger partial charge in [0.25, 0.3) is 0 Å². The van der Waals surface area contributed by atoms with Gasteiger partial charge in [-0.3, -0.25) is 38.4 Å². The van der Waals surface area contributed by atoms with Gasteiger partial charge in [0, 0.05) is 45.3 Å². The number of nitrogens with two attached hydrogens (primary N) is 5. The summed E-state index contributed by atoms with van der Waals surface area (Å²) in [5, 5.41) is 20.4. The molecule has 4 unspecified atom stereocenters. The van der Waals surface area contributed by atoms with Crippen molar-refractivity contribution in [2.45, 2.75) is 249 Å². The van der Waals surface area contributed by atoms with Gasteiger partial charge in [-0.25, -0.2) is 0 Å². The Bertz CT molecular complexity index is 1510. The predicted octanol–water partition coefficient (Wildman–Crippen LogP) is 3.88. The van der Waals surface area contributed by atoms with Crippen molar-refractivity contribution >= 4 is 47.3 Å². The van der Waals surface area contributed by atoms with E-state index in [2.05, 4.69) is 44.1 Å². The Morgan fingerprint density at radius 1 is 0.311 bits per heavy atom. The monoisotopic (exact) mass is 1050 g/mol. The van der Waals surface area contributed by atoms with Crippen molar-refractivity contribution in [3.8, 4) is 0 Å². The van der Waals surface area contributed by atoms with Crippen molar-refractivity contribution in [1.29, 1.82) is 0 Å². The van der Waals surface area contributed by atoms with E-state index >= 15 is 0 Å². The van der Waals surface area contributed by atoms with Crippen LogP contribution in [0.25, 0.3) is 0 Å². The summed E-state index contributed by atoms with van der Waals surface area (Å²) in [6, 6.07) is -2.46. The number of primary amides is 1. The summed E-state index contributed by atoms with van der Waals surface area (Å²) in [4.78, 5) is 101. The Kier molecular flexibility index (Phi) is 46.5. The maximum atomic E-state index is 13.1. The molecule has 0 aliphatic carbocycles. The van der Waals surface area contributed by atoms with Crippen molar-refractivity contribution in [3.05, 3.63) is 0 Å². The van der Waals surface area contributed by atoms with Crippen LogP contribution in [0.2, 0.25) is 0 Å². The summed E-state index contributed by atoms with van der Waals surface area (Å²) in [7, 11) is 0. The first-order valence-electron chi connectivity index (χ1n) is 28.9. The third kappa shape index (κ3) is 40.9. The molecular formula is C54H106N12O8. The highest BCUT2D eigenvalue weighted by atomic mass is 16.2. The summed E-state index contributed by atoms with van der Waals surface area (Å²) in [6.45, 7) is 5.68. The fourth-order valence-electron chi connectivity index (χ4n) is 8.49. The minimum Gasteiger partial charge on any atom is -0.368 e. The van der Waals surface area contributed by atoms with Crippen LogP contribution in [0, 0.1) is 0 Å². The number of rotatable bonds is 52. The summed E-state index contributed by atoms with van der Waals surface area (Å²) < 4.78 is 0. The Morgan fingerprint density at radius 2 is 0.554 bits per heavy atom. The maximum absolute atomic E-state index is 13.1. The lowest BCUT2D eigenvalue weighted by Gasteiger charge is -2.19. The van der Waals surface area contributed by atoms with Crippen LogP contribution in [-0.2, 0) is 38.4 Å². The standard InChI is InChI=1S/C54H106N12O8/c1-2-3-13-32-48(68)64-44(29-18-22-37-56)52(72)60-40-26-11-5-8-15-34-50(70)66-46(31-20-24-39-58)54(74)62-42-27-12-6-9-16-35-49(69)65-45(30-19-23-38-57)53(73)61-41-25-10-4-7-14-33-47(67)63-43(51(59)71)28-17-21-36-55/h43-46H,2-42,55-58H2,1H3,(H2,59,71)(H,60,72)(H,61,73)(H,62,74)(H,63,67)(H,64,68)(H,65,69)(H,66,70). The smallest absolute Gasteiger partial charge is 0.242 e. The van der Waals surface area contributed by atoms with Gasteiger partial charge < -0.3 is 65.9 Å². The van der Waals surface area contributed by atoms with Crippen LogP contribution in [-0.4, -0.2) is 117 Å². The SMILES string of the molecule is CCCCCC(=O)NC(CCCCN)C(=O)NCCCCCCCC(=O)NC(CCCCN)C(=O)NCCCCCCCC(=O)NC(CCCCN)C(=O)NCCCCCCCC(=O)NC(CCCCN)C(N)=O. The molecule has 74 heavy (non-hydrogen) atoms. The minimum atomic E-state index is -0.670. The average Bonchev–Trinajstić information content (AvgIpc) is 3.37. The molecule has 20 heteroatoms. The number of unbranched alkanes of at least 4 members (excludes halogenated alkanes) is 18. The van der Waals surface area contributed by atoms with Gasteiger partial charge in [-0.05, 0) is 148 Å². The summed E-state index contributed by atoms with van der Waals surface area (Å²) in [6.07, 6.45) is 24.6. The van der Waals surface area contributed by atoms with Gasteiger partial charge >= 0.3 is 0 Å². The van der Waals surface area contributed by atoms with Crippen LogP contribution in [0.4, 0.5) is 0 Å². The molecule has 4 atom stereocenters. The van der Waals surface area contributed by atoms with Crippen molar-refractivity contribution in [2.75, 3.05) is 45.8 Å². The quantitative estimate of drug-likeness (QED) is 0.0386. The highest BCUT2D eigenvalue weighted by Gasteiger charge is 2.23. The zero-order chi connectivity index (χ0) is 54.9. The molecule has 0 aromatic rings. The van der Waals surface area contributed by atoms with Gasteiger partial charge in [0.2, 0.25) is 47.3 Å². The normalized spacial score (nSPS) is 12.7. The Morgan fingerprint density at radius 3 is 0.824 bits per heavy atom. The number of hydrogen-bond donors (Lipinski definition) is 12. The van der Waals surface area contributed by atoms with Crippen molar-refractivity contribution in [1.82, 2.24) is 37.2 Å². The predicted molar refractivity (Wildman–Crippen MR) is 295 cm³/mol. The molecule has 0 saturated carbocycles. The third-order valence-corrected chi connectivity index (χ3v) is 13.1. The molecular weight excluding hydrogens is 945 g/mol. The second kappa shape index (κ2) is 49.5. The highest BCUT2D eigenvalue weighted by molar-refractivity contribution is 5.89. The van der Waals surface area contributed by atoms with Gasteiger partial charge in [0.1, 0.15) is 24.2 Å². The zero-order valence-corrected chi connectivity index (χ0v) is 46.0. The lowest BCUT2D eigenvalue weighted by molar-refractivity contribution is -0.129. The molecule has 0 aromatic carbocycles. The van der Waals surface area contributed by atoms with Crippen LogP contribution in [0.1, 0.15) is 225 Å². The summed E-state index contributed by atoms with van der Waals surface area (Å²) in [5.41, 5.74) is 27.9. The highest BCUT2D eigenvalue weighted by Crippen LogP contribution is 2.11. The first kappa shape index (κ1) is 69.6. The van der Waals surface area contributed by atoms with E-state index in [-0.39, 0.29) is 41.4 Å². The topological polar surface area (TPSA) is 351 Å². The molecule has 0 saturated heterocycles. The first-order valence-corrected chi connectivity index (χ1v) is 28.9. The third-order valence-electron chi connectivity index (χ3n) is 13.1. The Labute approximate surface area is 445 Å². The molecule has 17 N–H and O–H groups in total. The van der Waals surface area contributed by atoms with E-state index in [1.165, 1.54) is 0 Å². The second-order valence-electron chi connectivity index (χ2n) is 19.9. The van der Waals surface area contributed by atoms with E-state index < -0.39 is 30.1 Å². The van der Waals surface area contributed by atoms with Gasteiger partial charge in [-0.15, -0.1) is 0 Å². The van der Waals surface area contributed by atoms with Crippen LogP contribution >= 0.6 is 0 Å². The van der Waals surface area contributed by atoms with E-state index in [0.717, 1.165) is 148 Å². The summed E-state index contributed by atoms with van der Waals surface area (Å²) in [5.74, 6) is -1.67. The number of amides is 8. The molecule has 8 amide bonds. The molecule has 0 spiro atoms. The molecule has 0 aliphatic heterocycles. The molecule has 0 aliphatic rings. The van der Waals surface area contributed by atoms with Crippen molar-refractivity contribution in [3.63, 3.8) is 0 Å². The molecule has 0 heterocycles. The minimum absolute atomic E-state index is 0.0892. The van der Waals surface area contributed by atoms with Gasteiger partial charge in [0.05, 0.1) is 0 Å². The fraction of sp³-hybridized carbons (Fsp3) is 0.852. The van der Waals surface area contributed by atoms with Crippen LogP contribution in [0.15, 0.2) is 0 Å². The molecule has 0 rings (SSSR count). The maximum Gasteiger partial charge on any atom is 0.242 e. The number of carbonyl (C=O) groups is 8. The van der Waals surface area contributed by atoms with Gasteiger partial charge in [-0.1, -0.05) is 77.6 Å². The van der Waals surface area contributed by atoms with Crippen LogP contribution < -0.4 is 65.9 Å². The van der Waals surface area contributed by atoms with Gasteiger partial charge in [-0.2, -0.15) is 0 Å². The number of carbonyl (C=O) groups excluding carboxylic acids is 8. The Hall–Kier alpha value is -4.40. The molecule has 0 bridgehead atoms. The second-order valence-corrected chi connectivity index (χ2v) is 19.9. The molecule has 0 aromatic heterocycles. The van der Waals surface area contributed by atoms with E-state index in [9.17, 15) is 38.4 Å². The van der Waals surface area contributed by atoms with E-state index in [4.69, 9.17) is 28.7 Å². The molecule has 430 valence electrons. The molecule has 0 fully saturated rings. The van der Waals surface area contributed by atoms with E-state index in [1.807, 2.05) is 0 Å². The zero-order valence-electron chi connectivity index (χ0n) is 46.0. The number of nitrogens with one attached hydrogen (secondary N) is 7.